The molecule has 0 saturated carbocycles. The van der Waals surface area contributed by atoms with E-state index in [1.165, 1.54) is 0 Å². The van der Waals surface area contributed by atoms with Crippen LogP contribution in [0.1, 0.15) is 27.2 Å². The van der Waals surface area contributed by atoms with Crippen LogP contribution in [0, 0.1) is 5.41 Å². The van der Waals surface area contributed by atoms with Gasteiger partial charge in [0, 0.05) is 18.4 Å². The highest BCUT2D eigenvalue weighted by Gasteiger charge is 2.24. The number of carbonyl (C=O) groups excluding carboxylic acids is 1. The minimum Gasteiger partial charge on any atom is -0.319 e. The van der Waals surface area contributed by atoms with Crippen molar-refractivity contribution in [3.8, 4) is 0 Å². The average molecular weight is 143 g/mol. The SMILES string of the molecule is CCC(=O)C(C)(C)CNC. The van der Waals surface area contributed by atoms with Gasteiger partial charge in [-0.2, -0.15) is 0 Å². The Morgan fingerprint density at radius 3 is 2.30 bits per heavy atom. The third-order valence-corrected chi connectivity index (χ3v) is 1.69. The molecule has 0 rings (SSSR count). The highest BCUT2D eigenvalue weighted by atomic mass is 16.1. The van der Waals surface area contributed by atoms with Gasteiger partial charge in [-0.3, -0.25) is 4.79 Å². The Labute approximate surface area is 63.0 Å². The van der Waals surface area contributed by atoms with Crippen LogP contribution >= 0.6 is 0 Å². The molecular formula is C8H17NO. The molecule has 0 saturated heterocycles. The van der Waals surface area contributed by atoms with Crippen molar-refractivity contribution in [1.82, 2.24) is 5.32 Å². The number of hydrogen-bond acceptors (Lipinski definition) is 2. The van der Waals surface area contributed by atoms with Gasteiger partial charge >= 0.3 is 0 Å². The van der Waals surface area contributed by atoms with Crippen molar-refractivity contribution in [3.05, 3.63) is 0 Å². The largest absolute Gasteiger partial charge is 0.319 e. The van der Waals surface area contributed by atoms with Crippen LogP contribution < -0.4 is 5.32 Å². The maximum absolute atomic E-state index is 11.2. The normalized spacial score (nSPS) is 11.6. The molecule has 2 nitrogen and oxygen atoms in total. The maximum Gasteiger partial charge on any atom is 0.139 e. The summed E-state index contributed by atoms with van der Waals surface area (Å²) in [5, 5.41) is 3.00. The molecule has 0 fully saturated rings. The number of hydrogen-bond donors (Lipinski definition) is 1. The predicted molar refractivity (Wildman–Crippen MR) is 43.0 cm³/mol. The van der Waals surface area contributed by atoms with Crippen LogP contribution in [0.15, 0.2) is 0 Å². The van der Waals surface area contributed by atoms with E-state index in [0.29, 0.717) is 12.2 Å². The van der Waals surface area contributed by atoms with Crippen LogP contribution in [0.5, 0.6) is 0 Å². The fraction of sp³-hybridized carbons (Fsp3) is 0.875. The van der Waals surface area contributed by atoms with E-state index >= 15 is 0 Å². The zero-order chi connectivity index (χ0) is 8.20. The van der Waals surface area contributed by atoms with Crippen molar-refractivity contribution >= 4 is 5.78 Å². The maximum atomic E-state index is 11.2. The van der Waals surface area contributed by atoms with E-state index in [4.69, 9.17) is 0 Å². The van der Waals surface area contributed by atoms with Crippen molar-refractivity contribution in [2.45, 2.75) is 27.2 Å². The van der Waals surface area contributed by atoms with Crippen LogP contribution in [0.2, 0.25) is 0 Å². The molecule has 0 spiro atoms. The van der Waals surface area contributed by atoms with Crippen LogP contribution in [0.3, 0.4) is 0 Å². The summed E-state index contributed by atoms with van der Waals surface area (Å²) < 4.78 is 0. The monoisotopic (exact) mass is 143 g/mol. The van der Waals surface area contributed by atoms with Crippen LogP contribution in [0.25, 0.3) is 0 Å². The molecule has 60 valence electrons. The fourth-order valence-corrected chi connectivity index (χ4v) is 1.02. The summed E-state index contributed by atoms with van der Waals surface area (Å²) in [7, 11) is 1.87. The third-order valence-electron chi connectivity index (χ3n) is 1.69. The molecule has 0 aromatic rings. The molecule has 0 unspecified atom stereocenters. The zero-order valence-electron chi connectivity index (χ0n) is 7.32. The van der Waals surface area contributed by atoms with Gasteiger partial charge in [-0.1, -0.05) is 20.8 Å². The first-order valence-corrected chi connectivity index (χ1v) is 3.72. The molecule has 0 atom stereocenters. The van der Waals surface area contributed by atoms with E-state index in [-0.39, 0.29) is 5.41 Å². The quantitative estimate of drug-likeness (QED) is 0.641. The molecule has 0 amide bonds. The molecule has 1 N–H and O–H groups in total. The number of nitrogens with one attached hydrogen (secondary N) is 1. The molecule has 0 aromatic carbocycles. The van der Waals surface area contributed by atoms with E-state index in [1.807, 2.05) is 27.8 Å². The van der Waals surface area contributed by atoms with Gasteiger partial charge < -0.3 is 5.32 Å². The van der Waals surface area contributed by atoms with Gasteiger partial charge in [0.2, 0.25) is 0 Å². The zero-order valence-corrected chi connectivity index (χ0v) is 7.32. The average Bonchev–Trinajstić information content (AvgIpc) is 1.86. The van der Waals surface area contributed by atoms with E-state index in [2.05, 4.69) is 5.32 Å². The van der Waals surface area contributed by atoms with E-state index < -0.39 is 0 Å². The molecule has 0 bridgehead atoms. The molecule has 2 heteroatoms. The summed E-state index contributed by atoms with van der Waals surface area (Å²) in [6, 6.07) is 0. The number of carbonyl (C=O) groups is 1. The molecule has 0 radical (unpaired) electrons. The second-order valence-electron chi connectivity index (χ2n) is 3.19. The van der Waals surface area contributed by atoms with Gasteiger partial charge in [0.15, 0.2) is 0 Å². The Hall–Kier alpha value is -0.370. The van der Waals surface area contributed by atoms with Gasteiger partial charge in [0.25, 0.3) is 0 Å². The predicted octanol–water partition coefficient (Wildman–Crippen LogP) is 1.21. The number of rotatable bonds is 4. The standard InChI is InChI=1S/C8H17NO/c1-5-7(10)8(2,3)6-9-4/h9H,5-6H2,1-4H3. The lowest BCUT2D eigenvalue weighted by atomic mass is 9.87. The third kappa shape index (κ3) is 2.48. The Morgan fingerprint density at radius 2 is 2.00 bits per heavy atom. The molecule has 10 heavy (non-hydrogen) atoms. The molecule has 0 aliphatic rings. The Balaban J connectivity index is 3.96. The molecule has 0 aromatic heterocycles. The topological polar surface area (TPSA) is 29.1 Å². The summed E-state index contributed by atoms with van der Waals surface area (Å²) in [6.07, 6.45) is 0.634. The van der Waals surface area contributed by atoms with Crippen LogP contribution in [-0.4, -0.2) is 19.4 Å². The second-order valence-corrected chi connectivity index (χ2v) is 3.19. The van der Waals surface area contributed by atoms with Gasteiger partial charge in [-0.15, -0.1) is 0 Å². The second kappa shape index (κ2) is 3.71. The summed E-state index contributed by atoms with van der Waals surface area (Å²) in [6.45, 7) is 6.60. The van der Waals surface area contributed by atoms with Crippen molar-refractivity contribution in [1.29, 1.82) is 0 Å². The number of Topliss-reactive ketones (excluding diaryl/α,β-unsaturated/α-hetero) is 1. The van der Waals surface area contributed by atoms with Gasteiger partial charge in [-0.25, -0.2) is 0 Å². The van der Waals surface area contributed by atoms with Gasteiger partial charge in [0.05, 0.1) is 0 Å². The summed E-state index contributed by atoms with van der Waals surface area (Å²) in [5.74, 6) is 0.321. The lowest BCUT2D eigenvalue weighted by Crippen LogP contribution is -2.34. The minimum atomic E-state index is -0.191. The van der Waals surface area contributed by atoms with Crippen molar-refractivity contribution < 1.29 is 4.79 Å². The smallest absolute Gasteiger partial charge is 0.139 e. The van der Waals surface area contributed by atoms with Crippen molar-refractivity contribution in [2.75, 3.05) is 13.6 Å². The molecule has 0 aliphatic carbocycles. The van der Waals surface area contributed by atoms with Crippen molar-refractivity contribution in [3.63, 3.8) is 0 Å². The Bertz CT molecular complexity index is 118. The molecule has 0 aliphatic heterocycles. The first kappa shape index (κ1) is 9.63. The fourth-order valence-electron chi connectivity index (χ4n) is 1.02. The summed E-state index contributed by atoms with van der Waals surface area (Å²) in [5.41, 5.74) is -0.191. The van der Waals surface area contributed by atoms with Gasteiger partial charge in [0.1, 0.15) is 5.78 Å². The first-order chi connectivity index (χ1) is 4.54. The summed E-state index contributed by atoms with van der Waals surface area (Å²) in [4.78, 5) is 11.2. The molecular weight excluding hydrogens is 126 g/mol. The Morgan fingerprint density at radius 1 is 1.50 bits per heavy atom. The summed E-state index contributed by atoms with van der Waals surface area (Å²) >= 11 is 0. The lowest BCUT2D eigenvalue weighted by Gasteiger charge is -2.21. The first-order valence-electron chi connectivity index (χ1n) is 3.72. The number of ketones is 1. The molecule has 0 heterocycles. The van der Waals surface area contributed by atoms with E-state index in [0.717, 1.165) is 6.54 Å². The van der Waals surface area contributed by atoms with Gasteiger partial charge in [-0.05, 0) is 7.05 Å². The lowest BCUT2D eigenvalue weighted by molar-refractivity contribution is -0.126. The Kier molecular flexibility index (Phi) is 3.58. The van der Waals surface area contributed by atoms with E-state index in [9.17, 15) is 4.79 Å². The van der Waals surface area contributed by atoms with Crippen LogP contribution in [-0.2, 0) is 4.79 Å². The highest BCUT2D eigenvalue weighted by molar-refractivity contribution is 5.83. The van der Waals surface area contributed by atoms with Crippen LogP contribution in [0.4, 0.5) is 0 Å². The minimum absolute atomic E-state index is 0.191. The van der Waals surface area contributed by atoms with E-state index in [1.54, 1.807) is 0 Å². The van der Waals surface area contributed by atoms with Crippen molar-refractivity contribution in [2.24, 2.45) is 5.41 Å². The highest BCUT2D eigenvalue weighted by Crippen LogP contribution is 2.16.